The molecule has 2 N–H and O–H groups in total. The highest BCUT2D eigenvalue weighted by atomic mass is 16.6. The van der Waals surface area contributed by atoms with Crippen molar-refractivity contribution < 1.29 is 34.1 Å². The first-order valence-electron chi connectivity index (χ1n) is 13.9. The van der Waals surface area contributed by atoms with E-state index in [1.54, 1.807) is 31.2 Å². The molecule has 0 aromatic heterocycles. The van der Waals surface area contributed by atoms with E-state index in [1.165, 1.54) is 13.8 Å². The van der Waals surface area contributed by atoms with Gasteiger partial charge in [-0.25, -0.2) is 0 Å². The summed E-state index contributed by atoms with van der Waals surface area (Å²) in [4.78, 5) is 39.6. The Morgan fingerprint density at radius 2 is 1.69 bits per heavy atom. The van der Waals surface area contributed by atoms with Crippen molar-refractivity contribution in [1.82, 2.24) is 0 Å². The van der Waals surface area contributed by atoms with Crippen molar-refractivity contribution in [2.24, 2.45) is 28.6 Å². The molecule has 0 spiro atoms. The largest absolute Gasteiger partial charge is 0.462 e. The molecule has 0 saturated heterocycles. The molecule has 0 heterocycles. The summed E-state index contributed by atoms with van der Waals surface area (Å²) < 4.78 is 12.0. The number of aliphatic hydroxyl groups is 2. The topological polar surface area (TPSA) is 110 Å². The number of carbonyl (C=O) groups is 3. The monoisotopic (exact) mass is 540 g/mol. The number of ketones is 1. The molecule has 0 amide bonds. The minimum Gasteiger partial charge on any atom is -0.462 e. The fourth-order valence-corrected chi connectivity index (χ4v) is 7.32. The van der Waals surface area contributed by atoms with Crippen molar-refractivity contribution >= 4 is 17.7 Å². The highest BCUT2D eigenvalue weighted by Gasteiger charge is 2.65. The zero-order valence-corrected chi connectivity index (χ0v) is 24.3. The Kier molecular flexibility index (Phi) is 9.28. The Bertz CT molecular complexity index is 1120. The molecule has 1 aromatic rings. The molecule has 2 saturated carbocycles. The second-order valence-corrected chi connectivity index (χ2v) is 11.9. The minimum atomic E-state index is -1.09. The van der Waals surface area contributed by atoms with Crippen LogP contribution in [0.25, 0.3) is 0 Å². The van der Waals surface area contributed by atoms with Gasteiger partial charge in [0.1, 0.15) is 12.2 Å². The Morgan fingerprint density at radius 1 is 1.10 bits per heavy atom. The summed E-state index contributed by atoms with van der Waals surface area (Å²) in [5.41, 5.74) is -0.00389. The fourth-order valence-electron chi connectivity index (χ4n) is 7.32. The van der Waals surface area contributed by atoms with E-state index in [0.29, 0.717) is 24.0 Å². The summed E-state index contributed by atoms with van der Waals surface area (Å²) in [7, 11) is 0. The maximum Gasteiger partial charge on any atom is 0.302 e. The van der Waals surface area contributed by atoms with Gasteiger partial charge in [-0.05, 0) is 49.5 Å². The number of ether oxygens (including phenoxy) is 2. The molecule has 8 atom stereocenters. The smallest absolute Gasteiger partial charge is 0.302 e. The van der Waals surface area contributed by atoms with Gasteiger partial charge < -0.3 is 19.7 Å². The van der Waals surface area contributed by atoms with E-state index < -0.39 is 59.0 Å². The van der Waals surface area contributed by atoms with Gasteiger partial charge in [-0.1, -0.05) is 69.3 Å². The Balaban J connectivity index is 2.46. The summed E-state index contributed by atoms with van der Waals surface area (Å²) in [6.07, 6.45) is -0.739. The molecule has 0 bridgehead atoms. The van der Waals surface area contributed by atoms with Crippen molar-refractivity contribution in [2.45, 2.75) is 92.1 Å². The van der Waals surface area contributed by atoms with Gasteiger partial charge in [-0.15, -0.1) is 0 Å². The third-order valence-corrected chi connectivity index (χ3v) is 9.17. The number of allylic oxidation sites excluding steroid dienone is 1. The lowest BCUT2D eigenvalue weighted by molar-refractivity contribution is -0.188. The van der Waals surface area contributed by atoms with Gasteiger partial charge in [-0.2, -0.15) is 0 Å². The third kappa shape index (κ3) is 5.62. The molecule has 2 aliphatic rings. The number of rotatable bonds is 7. The number of hydrogen-bond donors (Lipinski definition) is 2. The standard InChI is InChI=1S/C32H44O7/c1-9-24-28(29(37)23-13-11-10-12-14-23)30(39-22(7)35)31(8)25(17-32(24,18(2)3)16-19(4)33)20(5)26(36)15-27(31)38-21(6)34/h9-14,18-19,25-28,30,33,36H,5,15-17H2,1-4,6-8H3/b24-9+/t19-,25?,26+,27?,28?,30+,31?,32?/m1/s1. The van der Waals surface area contributed by atoms with Crippen LogP contribution in [0.15, 0.2) is 54.1 Å². The first-order chi connectivity index (χ1) is 18.2. The summed E-state index contributed by atoms with van der Waals surface area (Å²) in [5.74, 6) is -2.75. The number of hydrogen-bond acceptors (Lipinski definition) is 7. The molecular formula is C32H44O7. The molecular weight excluding hydrogens is 496 g/mol. The normalized spacial score (nSPS) is 34.7. The van der Waals surface area contributed by atoms with Crippen molar-refractivity contribution in [3.63, 3.8) is 0 Å². The first kappa shape index (κ1) is 30.8. The predicted molar refractivity (Wildman–Crippen MR) is 149 cm³/mol. The predicted octanol–water partition coefficient (Wildman–Crippen LogP) is 5.06. The van der Waals surface area contributed by atoms with E-state index in [9.17, 15) is 24.6 Å². The number of fused-ring (bicyclic) bond motifs is 1. The molecule has 2 fully saturated rings. The van der Waals surface area contributed by atoms with Crippen LogP contribution < -0.4 is 0 Å². The molecule has 7 heteroatoms. The van der Waals surface area contributed by atoms with Crippen LogP contribution in [0.1, 0.15) is 78.1 Å². The molecule has 7 nitrogen and oxygen atoms in total. The van der Waals surface area contributed by atoms with Gasteiger partial charge >= 0.3 is 11.9 Å². The van der Waals surface area contributed by atoms with Crippen LogP contribution in [0.2, 0.25) is 0 Å². The van der Waals surface area contributed by atoms with Crippen LogP contribution in [0.5, 0.6) is 0 Å². The van der Waals surface area contributed by atoms with E-state index >= 15 is 0 Å². The van der Waals surface area contributed by atoms with Crippen LogP contribution in [-0.2, 0) is 19.1 Å². The Morgan fingerprint density at radius 3 is 2.18 bits per heavy atom. The van der Waals surface area contributed by atoms with E-state index in [2.05, 4.69) is 20.4 Å². The number of carbonyl (C=O) groups excluding carboxylic acids is 3. The summed E-state index contributed by atoms with van der Waals surface area (Å²) in [5, 5.41) is 21.9. The number of esters is 2. The van der Waals surface area contributed by atoms with Gasteiger partial charge in [0, 0.05) is 31.2 Å². The lowest BCUT2D eigenvalue weighted by atomic mass is 9.56. The third-order valence-electron chi connectivity index (χ3n) is 9.17. The Hall–Kier alpha value is -2.77. The quantitative estimate of drug-likeness (QED) is 0.283. The van der Waals surface area contributed by atoms with Crippen molar-refractivity contribution in [1.29, 1.82) is 0 Å². The summed E-state index contributed by atoms with van der Waals surface area (Å²) in [6.45, 7) is 16.5. The highest BCUT2D eigenvalue weighted by molar-refractivity contribution is 6.00. The van der Waals surface area contributed by atoms with E-state index in [-0.39, 0.29) is 18.1 Å². The number of Topliss-reactive ketones (excluding diaryl/α,β-unsaturated/α-hetero) is 1. The second-order valence-electron chi connectivity index (χ2n) is 11.9. The maximum absolute atomic E-state index is 14.5. The molecule has 5 unspecified atom stereocenters. The lowest BCUT2D eigenvalue weighted by Crippen LogP contribution is -2.59. The lowest BCUT2D eigenvalue weighted by Gasteiger charge is -2.53. The summed E-state index contributed by atoms with van der Waals surface area (Å²) >= 11 is 0. The van der Waals surface area contributed by atoms with Crippen LogP contribution in [0.3, 0.4) is 0 Å². The second kappa shape index (κ2) is 11.8. The van der Waals surface area contributed by atoms with Gasteiger partial charge in [0.15, 0.2) is 5.78 Å². The van der Waals surface area contributed by atoms with E-state index in [1.807, 2.05) is 26.0 Å². The molecule has 214 valence electrons. The molecule has 0 radical (unpaired) electrons. The number of benzene rings is 1. The molecule has 2 aliphatic carbocycles. The van der Waals surface area contributed by atoms with Gasteiger partial charge in [0.05, 0.1) is 18.1 Å². The van der Waals surface area contributed by atoms with Crippen molar-refractivity contribution in [3.8, 4) is 0 Å². The molecule has 1 aromatic carbocycles. The van der Waals surface area contributed by atoms with Crippen LogP contribution in [0.4, 0.5) is 0 Å². The van der Waals surface area contributed by atoms with E-state index in [4.69, 9.17) is 9.47 Å². The zero-order chi connectivity index (χ0) is 29.3. The average molecular weight is 541 g/mol. The van der Waals surface area contributed by atoms with Gasteiger partial charge in [0.25, 0.3) is 0 Å². The van der Waals surface area contributed by atoms with Crippen LogP contribution in [0, 0.1) is 28.6 Å². The summed E-state index contributed by atoms with van der Waals surface area (Å²) in [6, 6.07) is 8.89. The van der Waals surface area contributed by atoms with Crippen LogP contribution in [-0.4, -0.2) is 52.4 Å². The fraction of sp³-hybridized carbons (Fsp3) is 0.594. The molecule has 39 heavy (non-hydrogen) atoms. The SMILES string of the molecule is C=C1C2CC(C[C@@H](C)O)(C(C)C)/C(=C/C)C(C(=O)c3ccccc3)[C@H](OC(C)=O)C2(C)C(OC(C)=O)C[C@@H]1O. The zero-order valence-electron chi connectivity index (χ0n) is 24.3. The van der Waals surface area contributed by atoms with Crippen LogP contribution >= 0.6 is 0 Å². The molecule has 3 rings (SSSR count). The average Bonchev–Trinajstić information content (AvgIpc) is 2.94. The van der Waals surface area contributed by atoms with Crippen molar-refractivity contribution in [3.05, 3.63) is 59.7 Å². The van der Waals surface area contributed by atoms with Gasteiger partial charge in [0.2, 0.25) is 0 Å². The van der Waals surface area contributed by atoms with Gasteiger partial charge in [-0.3, -0.25) is 14.4 Å². The number of aliphatic hydroxyl groups excluding tert-OH is 2. The van der Waals surface area contributed by atoms with E-state index in [0.717, 1.165) is 5.57 Å². The first-order valence-corrected chi connectivity index (χ1v) is 13.9. The minimum absolute atomic E-state index is 0.0382. The highest BCUT2D eigenvalue weighted by Crippen LogP contribution is 2.63. The molecule has 0 aliphatic heterocycles. The maximum atomic E-state index is 14.5. The van der Waals surface area contributed by atoms with Crippen molar-refractivity contribution in [2.75, 3.05) is 0 Å². The Labute approximate surface area is 232 Å².